The summed E-state index contributed by atoms with van der Waals surface area (Å²) in [6.45, 7) is 3.46. The number of hydrogen-bond acceptors (Lipinski definition) is 6. The Morgan fingerprint density at radius 2 is 1.96 bits per heavy atom. The number of hydrogen-bond donors (Lipinski definition) is 2. The van der Waals surface area contributed by atoms with Gasteiger partial charge in [-0.25, -0.2) is 9.97 Å². The molecule has 122 valence electrons. The molecule has 23 heavy (non-hydrogen) atoms. The van der Waals surface area contributed by atoms with Crippen LogP contribution < -0.4 is 15.4 Å². The van der Waals surface area contributed by atoms with E-state index in [-0.39, 0.29) is 11.6 Å². The number of aromatic nitrogens is 2. The van der Waals surface area contributed by atoms with Crippen molar-refractivity contribution >= 4 is 17.4 Å². The number of benzene rings is 1. The summed E-state index contributed by atoms with van der Waals surface area (Å²) >= 11 is 0. The highest BCUT2D eigenvalue weighted by Gasteiger charge is 2.07. The predicted molar refractivity (Wildman–Crippen MR) is 87.1 cm³/mol. The molecule has 0 aliphatic carbocycles. The fourth-order valence-corrected chi connectivity index (χ4v) is 1.82. The number of nitrogens with zero attached hydrogens (tertiary/aromatic N) is 2. The quantitative estimate of drug-likeness (QED) is 0.725. The second-order valence-corrected chi connectivity index (χ2v) is 4.62. The van der Waals surface area contributed by atoms with Crippen LogP contribution in [0.5, 0.6) is 5.75 Å². The first-order valence-corrected chi connectivity index (χ1v) is 7.32. The monoisotopic (exact) mass is 316 g/mol. The van der Waals surface area contributed by atoms with Crippen LogP contribution in [0.15, 0.2) is 36.7 Å². The summed E-state index contributed by atoms with van der Waals surface area (Å²) in [4.78, 5) is 20.1. The maximum Gasteiger partial charge on any atom is 0.271 e. The zero-order valence-electron chi connectivity index (χ0n) is 13.2. The number of carbonyl (C=O) groups excluding carboxylic acids is 1. The van der Waals surface area contributed by atoms with Crippen LogP contribution in [-0.2, 0) is 4.74 Å². The van der Waals surface area contributed by atoms with Crippen molar-refractivity contribution in [3.05, 3.63) is 42.4 Å². The Bertz CT molecular complexity index is 614. The number of rotatable bonds is 8. The molecule has 0 unspecified atom stereocenters. The third-order valence-electron chi connectivity index (χ3n) is 2.91. The summed E-state index contributed by atoms with van der Waals surface area (Å²) < 4.78 is 10.3. The zero-order chi connectivity index (χ0) is 16.5. The van der Waals surface area contributed by atoms with E-state index in [0.717, 1.165) is 11.4 Å². The Hall–Kier alpha value is -2.67. The largest absolute Gasteiger partial charge is 0.494 e. The molecule has 7 nitrogen and oxygen atoms in total. The molecule has 0 spiro atoms. The van der Waals surface area contributed by atoms with Gasteiger partial charge in [0.05, 0.1) is 25.6 Å². The van der Waals surface area contributed by atoms with Gasteiger partial charge in [0.25, 0.3) is 5.91 Å². The second kappa shape index (κ2) is 8.70. The number of carbonyl (C=O) groups is 1. The van der Waals surface area contributed by atoms with E-state index in [1.807, 2.05) is 31.2 Å². The van der Waals surface area contributed by atoms with Crippen LogP contribution in [0.3, 0.4) is 0 Å². The molecule has 1 aromatic carbocycles. The molecule has 1 aromatic heterocycles. The summed E-state index contributed by atoms with van der Waals surface area (Å²) in [6, 6.07) is 7.52. The van der Waals surface area contributed by atoms with Crippen molar-refractivity contribution in [1.29, 1.82) is 0 Å². The summed E-state index contributed by atoms with van der Waals surface area (Å²) in [5.41, 5.74) is 1.12. The second-order valence-electron chi connectivity index (χ2n) is 4.62. The van der Waals surface area contributed by atoms with Gasteiger partial charge in [-0.2, -0.15) is 0 Å². The molecule has 2 rings (SSSR count). The first kappa shape index (κ1) is 16.7. The van der Waals surface area contributed by atoms with Gasteiger partial charge < -0.3 is 20.1 Å². The minimum atomic E-state index is -0.276. The molecule has 0 saturated carbocycles. The molecule has 0 aliphatic heterocycles. The number of methoxy groups -OCH3 is 1. The topological polar surface area (TPSA) is 85.4 Å². The van der Waals surface area contributed by atoms with Gasteiger partial charge in [0.2, 0.25) is 0 Å². The molecular formula is C16H20N4O3. The number of amides is 1. The lowest BCUT2D eigenvalue weighted by molar-refractivity contribution is 0.0932. The van der Waals surface area contributed by atoms with Crippen LogP contribution in [0.4, 0.5) is 11.5 Å². The van der Waals surface area contributed by atoms with Crippen LogP contribution in [-0.4, -0.2) is 42.7 Å². The van der Waals surface area contributed by atoms with E-state index in [1.165, 1.54) is 12.4 Å². The lowest BCUT2D eigenvalue weighted by Gasteiger charge is -2.08. The van der Waals surface area contributed by atoms with Crippen molar-refractivity contribution in [3.8, 4) is 5.75 Å². The molecule has 0 radical (unpaired) electrons. The van der Waals surface area contributed by atoms with Crippen molar-refractivity contribution in [2.75, 3.05) is 32.2 Å². The van der Waals surface area contributed by atoms with Crippen LogP contribution in [0.25, 0.3) is 0 Å². The van der Waals surface area contributed by atoms with Gasteiger partial charge in [-0.15, -0.1) is 0 Å². The highest BCUT2D eigenvalue weighted by Crippen LogP contribution is 2.18. The Morgan fingerprint density at radius 3 is 2.57 bits per heavy atom. The summed E-state index contributed by atoms with van der Waals surface area (Å²) in [7, 11) is 1.58. The Labute approximate surface area is 135 Å². The van der Waals surface area contributed by atoms with Gasteiger partial charge in [0.1, 0.15) is 17.3 Å². The minimum Gasteiger partial charge on any atom is -0.494 e. The van der Waals surface area contributed by atoms with E-state index in [9.17, 15) is 4.79 Å². The number of nitrogens with one attached hydrogen (secondary N) is 2. The van der Waals surface area contributed by atoms with E-state index in [2.05, 4.69) is 20.6 Å². The van der Waals surface area contributed by atoms with E-state index in [1.54, 1.807) is 7.11 Å². The maximum absolute atomic E-state index is 11.8. The highest BCUT2D eigenvalue weighted by atomic mass is 16.5. The molecule has 0 atom stereocenters. The van der Waals surface area contributed by atoms with E-state index in [4.69, 9.17) is 9.47 Å². The van der Waals surface area contributed by atoms with Gasteiger partial charge in [0.15, 0.2) is 0 Å². The Morgan fingerprint density at radius 1 is 1.17 bits per heavy atom. The molecule has 1 amide bonds. The molecule has 2 N–H and O–H groups in total. The van der Waals surface area contributed by atoms with Crippen molar-refractivity contribution in [1.82, 2.24) is 15.3 Å². The van der Waals surface area contributed by atoms with Crippen molar-refractivity contribution in [2.24, 2.45) is 0 Å². The lowest BCUT2D eigenvalue weighted by Crippen LogP contribution is -2.27. The van der Waals surface area contributed by atoms with Crippen LogP contribution in [0.2, 0.25) is 0 Å². The summed E-state index contributed by atoms with van der Waals surface area (Å²) in [5.74, 6) is 1.09. The molecule has 0 aliphatic rings. The number of ether oxygens (including phenoxy) is 2. The van der Waals surface area contributed by atoms with Crippen molar-refractivity contribution in [2.45, 2.75) is 6.92 Å². The highest BCUT2D eigenvalue weighted by molar-refractivity contribution is 5.92. The number of anilines is 2. The molecular weight excluding hydrogens is 296 g/mol. The van der Waals surface area contributed by atoms with Gasteiger partial charge in [-0.05, 0) is 31.2 Å². The third kappa shape index (κ3) is 5.23. The van der Waals surface area contributed by atoms with Gasteiger partial charge in [-0.1, -0.05) is 0 Å². The fraction of sp³-hybridized carbons (Fsp3) is 0.312. The normalized spacial score (nSPS) is 10.2. The summed E-state index contributed by atoms with van der Waals surface area (Å²) in [5, 5.41) is 5.80. The zero-order valence-corrected chi connectivity index (χ0v) is 13.2. The van der Waals surface area contributed by atoms with Crippen LogP contribution in [0.1, 0.15) is 17.4 Å². The molecule has 0 bridgehead atoms. The first-order valence-electron chi connectivity index (χ1n) is 7.32. The fourth-order valence-electron chi connectivity index (χ4n) is 1.82. The SMILES string of the molecule is CCOc1ccc(Nc2cnc(C(=O)NCCOC)cn2)cc1. The van der Waals surface area contributed by atoms with Gasteiger partial charge in [0, 0.05) is 19.3 Å². The van der Waals surface area contributed by atoms with E-state index < -0.39 is 0 Å². The summed E-state index contributed by atoms with van der Waals surface area (Å²) in [6.07, 6.45) is 2.95. The Balaban J connectivity index is 1.92. The minimum absolute atomic E-state index is 0.262. The van der Waals surface area contributed by atoms with Crippen LogP contribution in [0, 0.1) is 0 Å². The standard InChI is InChI=1S/C16H20N4O3/c1-3-23-13-6-4-12(5-7-13)20-15-11-18-14(10-19-15)16(21)17-8-9-22-2/h4-7,10-11H,3,8-9H2,1-2H3,(H,17,21)(H,19,20). The molecule has 0 saturated heterocycles. The van der Waals surface area contributed by atoms with Gasteiger partial charge >= 0.3 is 0 Å². The molecule has 7 heteroatoms. The average molecular weight is 316 g/mol. The third-order valence-corrected chi connectivity index (χ3v) is 2.91. The maximum atomic E-state index is 11.8. The van der Waals surface area contributed by atoms with E-state index in [0.29, 0.717) is 25.6 Å². The first-order chi connectivity index (χ1) is 11.2. The van der Waals surface area contributed by atoms with Crippen LogP contribution >= 0.6 is 0 Å². The molecule has 1 heterocycles. The Kier molecular flexibility index (Phi) is 6.31. The van der Waals surface area contributed by atoms with Gasteiger partial charge in [-0.3, -0.25) is 4.79 Å². The molecule has 0 fully saturated rings. The molecule has 2 aromatic rings. The average Bonchev–Trinajstić information content (AvgIpc) is 2.58. The van der Waals surface area contributed by atoms with Crippen molar-refractivity contribution < 1.29 is 14.3 Å². The predicted octanol–water partition coefficient (Wildman–Crippen LogP) is 2.00. The lowest BCUT2D eigenvalue weighted by atomic mass is 10.3. The van der Waals surface area contributed by atoms with E-state index >= 15 is 0 Å². The smallest absolute Gasteiger partial charge is 0.271 e. The van der Waals surface area contributed by atoms with Crippen molar-refractivity contribution in [3.63, 3.8) is 0 Å².